The summed E-state index contributed by atoms with van der Waals surface area (Å²) in [5.74, 6) is -0.887. The monoisotopic (exact) mass is 332 g/mol. The van der Waals surface area contributed by atoms with E-state index >= 15 is 0 Å². The second kappa shape index (κ2) is 5.83. The summed E-state index contributed by atoms with van der Waals surface area (Å²) in [7, 11) is 0. The molecule has 3 rings (SSSR count). The van der Waals surface area contributed by atoms with Crippen molar-refractivity contribution in [3.63, 3.8) is 0 Å². The van der Waals surface area contributed by atoms with Crippen LogP contribution in [0, 0.1) is 0 Å². The Bertz CT molecular complexity index is 785. The van der Waals surface area contributed by atoms with E-state index in [4.69, 9.17) is 23.2 Å². The van der Waals surface area contributed by atoms with Gasteiger partial charge in [-0.3, -0.25) is 15.0 Å². The van der Waals surface area contributed by atoms with E-state index in [0.29, 0.717) is 15.7 Å². The minimum absolute atomic E-state index is 0.0577. The van der Waals surface area contributed by atoms with Crippen molar-refractivity contribution >= 4 is 46.8 Å². The van der Waals surface area contributed by atoms with E-state index in [1.807, 2.05) is 0 Å². The van der Waals surface area contributed by atoms with Crippen molar-refractivity contribution in [3.8, 4) is 0 Å². The number of amides is 2. The predicted molar refractivity (Wildman–Crippen MR) is 86.5 cm³/mol. The minimum atomic E-state index is -0.458. The van der Waals surface area contributed by atoms with Crippen molar-refractivity contribution in [2.75, 3.05) is 5.01 Å². The van der Waals surface area contributed by atoms with Crippen molar-refractivity contribution in [1.82, 2.24) is 5.43 Å². The van der Waals surface area contributed by atoms with Crippen LogP contribution in [-0.4, -0.2) is 11.8 Å². The van der Waals surface area contributed by atoms with Crippen LogP contribution in [0.5, 0.6) is 0 Å². The number of halogens is 2. The molecule has 0 aliphatic carbocycles. The third kappa shape index (κ3) is 2.84. The third-order valence-corrected chi connectivity index (χ3v) is 3.63. The molecule has 0 bridgehead atoms. The van der Waals surface area contributed by atoms with Crippen molar-refractivity contribution in [3.05, 3.63) is 69.7 Å². The van der Waals surface area contributed by atoms with Crippen LogP contribution in [0.1, 0.15) is 5.56 Å². The Labute approximate surface area is 136 Å². The molecule has 22 heavy (non-hydrogen) atoms. The molecule has 1 aliphatic rings. The lowest BCUT2D eigenvalue weighted by molar-refractivity contribution is -0.117. The van der Waals surface area contributed by atoms with Crippen molar-refractivity contribution in [2.45, 2.75) is 0 Å². The molecule has 1 aliphatic heterocycles. The smallest absolute Gasteiger partial charge is 0.267 e. The number of hydrogen-bond acceptors (Lipinski definition) is 2. The first-order valence-electron chi connectivity index (χ1n) is 6.43. The molecule has 1 saturated heterocycles. The fourth-order valence-electron chi connectivity index (χ4n) is 2.08. The Morgan fingerprint density at radius 3 is 2.36 bits per heavy atom. The number of hydrazine groups is 1. The van der Waals surface area contributed by atoms with Crippen molar-refractivity contribution < 1.29 is 9.59 Å². The lowest BCUT2D eigenvalue weighted by atomic mass is 10.1. The number of carbonyl (C=O) groups is 2. The van der Waals surface area contributed by atoms with E-state index in [-0.39, 0.29) is 5.57 Å². The van der Waals surface area contributed by atoms with Gasteiger partial charge >= 0.3 is 0 Å². The molecule has 0 unspecified atom stereocenters. The van der Waals surface area contributed by atoms with E-state index in [9.17, 15) is 9.59 Å². The van der Waals surface area contributed by atoms with E-state index in [1.165, 1.54) is 11.1 Å². The van der Waals surface area contributed by atoms with Gasteiger partial charge in [-0.1, -0.05) is 41.4 Å². The van der Waals surface area contributed by atoms with Crippen LogP contribution in [0.4, 0.5) is 5.69 Å². The van der Waals surface area contributed by atoms with Crippen LogP contribution < -0.4 is 10.4 Å². The van der Waals surface area contributed by atoms with Crippen LogP contribution in [0.15, 0.2) is 54.1 Å². The maximum Gasteiger partial charge on any atom is 0.282 e. The molecule has 0 atom stereocenters. The molecular weight excluding hydrogens is 323 g/mol. The van der Waals surface area contributed by atoms with E-state index in [1.54, 1.807) is 48.5 Å². The van der Waals surface area contributed by atoms with Crippen LogP contribution >= 0.6 is 23.2 Å². The normalized spacial score (nSPS) is 16.3. The SMILES string of the molecule is O=C1NN(c2cccc(Cl)c2)C(=O)/C1=C/c1ccc(Cl)cc1. The molecule has 1 N–H and O–H groups in total. The molecule has 1 heterocycles. The van der Waals surface area contributed by atoms with E-state index < -0.39 is 11.8 Å². The van der Waals surface area contributed by atoms with E-state index in [0.717, 1.165) is 5.56 Å². The van der Waals surface area contributed by atoms with Crippen LogP contribution in [-0.2, 0) is 9.59 Å². The van der Waals surface area contributed by atoms with Crippen LogP contribution in [0.3, 0.4) is 0 Å². The van der Waals surface area contributed by atoms with Gasteiger partial charge in [-0.05, 0) is 42.0 Å². The van der Waals surface area contributed by atoms with Crippen molar-refractivity contribution in [2.24, 2.45) is 0 Å². The number of carbonyl (C=O) groups excluding carboxylic acids is 2. The Morgan fingerprint density at radius 2 is 1.68 bits per heavy atom. The molecule has 2 aromatic rings. The van der Waals surface area contributed by atoms with Gasteiger partial charge < -0.3 is 0 Å². The Hall–Kier alpha value is -2.30. The molecule has 0 aromatic heterocycles. The highest BCUT2D eigenvalue weighted by Gasteiger charge is 2.34. The highest BCUT2D eigenvalue weighted by molar-refractivity contribution is 6.33. The van der Waals surface area contributed by atoms with E-state index in [2.05, 4.69) is 5.43 Å². The number of nitrogens with one attached hydrogen (secondary N) is 1. The fourth-order valence-corrected chi connectivity index (χ4v) is 2.39. The first-order valence-corrected chi connectivity index (χ1v) is 7.18. The van der Waals surface area contributed by atoms with Gasteiger partial charge in [-0.15, -0.1) is 0 Å². The summed E-state index contributed by atoms with van der Waals surface area (Å²) in [5.41, 5.74) is 3.80. The molecule has 6 heteroatoms. The predicted octanol–water partition coefficient (Wildman–Crippen LogP) is 3.45. The Kier molecular flexibility index (Phi) is 3.88. The van der Waals surface area contributed by atoms with Gasteiger partial charge in [0.2, 0.25) is 0 Å². The van der Waals surface area contributed by atoms with Crippen LogP contribution in [0.2, 0.25) is 10.0 Å². The summed E-state index contributed by atoms with van der Waals surface area (Å²) in [4.78, 5) is 24.4. The minimum Gasteiger partial charge on any atom is -0.267 e. The number of nitrogens with zero attached hydrogens (tertiary/aromatic N) is 1. The standard InChI is InChI=1S/C16H10Cl2N2O2/c17-11-6-4-10(5-7-11)8-14-15(21)19-20(16(14)22)13-3-1-2-12(18)9-13/h1-9H,(H,19,21)/b14-8+. The lowest BCUT2D eigenvalue weighted by Gasteiger charge is -2.14. The van der Waals surface area contributed by atoms with Gasteiger partial charge in [0.25, 0.3) is 11.8 Å². The maximum absolute atomic E-state index is 12.4. The molecule has 2 amide bonds. The zero-order valence-electron chi connectivity index (χ0n) is 11.2. The van der Waals surface area contributed by atoms with Gasteiger partial charge in [0.05, 0.1) is 5.69 Å². The Morgan fingerprint density at radius 1 is 0.955 bits per heavy atom. The van der Waals surface area contributed by atoms with Crippen molar-refractivity contribution in [1.29, 1.82) is 0 Å². The third-order valence-electron chi connectivity index (χ3n) is 3.14. The average molecular weight is 333 g/mol. The second-order valence-electron chi connectivity index (χ2n) is 4.67. The van der Waals surface area contributed by atoms with Gasteiger partial charge in [-0.2, -0.15) is 0 Å². The van der Waals surface area contributed by atoms with Crippen LogP contribution in [0.25, 0.3) is 6.08 Å². The first kappa shape index (κ1) is 14.6. The molecule has 4 nitrogen and oxygen atoms in total. The average Bonchev–Trinajstić information content (AvgIpc) is 2.77. The summed E-state index contributed by atoms with van der Waals surface area (Å²) >= 11 is 11.7. The molecule has 2 aromatic carbocycles. The lowest BCUT2D eigenvalue weighted by Crippen LogP contribution is -2.35. The fraction of sp³-hybridized carbons (Fsp3) is 0. The second-order valence-corrected chi connectivity index (χ2v) is 5.54. The van der Waals surface area contributed by atoms with Gasteiger partial charge in [0.15, 0.2) is 0 Å². The summed E-state index contributed by atoms with van der Waals surface area (Å²) in [6, 6.07) is 13.5. The summed E-state index contributed by atoms with van der Waals surface area (Å²) < 4.78 is 0. The molecule has 0 spiro atoms. The highest BCUT2D eigenvalue weighted by atomic mass is 35.5. The Balaban J connectivity index is 1.93. The summed E-state index contributed by atoms with van der Waals surface area (Å²) in [5, 5.41) is 2.25. The molecule has 0 radical (unpaired) electrons. The molecular formula is C16H10Cl2N2O2. The maximum atomic E-state index is 12.4. The van der Waals surface area contributed by atoms with Gasteiger partial charge in [0, 0.05) is 10.0 Å². The highest BCUT2D eigenvalue weighted by Crippen LogP contribution is 2.24. The number of benzene rings is 2. The first-order chi connectivity index (χ1) is 10.5. The quantitative estimate of drug-likeness (QED) is 0.676. The zero-order chi connectivity index (χ0) is 15.7. The molecule has 1 fully saturated rings. The summed E-state index contributed by atoms with van der Waals surface area (Å²) in [6.07, 6.45) is 1.53. The summed E-state index contributed by atoms with van der Waals surface area (Å²) in [6.45, 7) is 0. The van der Waals surface area contributed by atoms with Gasteiger partial charge in [0.1, 0.15) is 5.57 Å². The number of hydrogen-bond donors (Lipinski definition) is 1. The number of rotatable bonds is 2. The zero-order valence-corrected chi connectivity index (χ0v) is 12.7. The molecule has 110 valence electrons. The van der Waals surface area contributed by atoms with Gasteiger partial charge in [-0.25, -0.2) is 5.01 Å². The molecule has 0 saturated carbocycles. The largest absolute Gasteiger partial charge is 0.282 e. The number of anilines is 1. The topological polar surface area (TPSA) is 49.4 Å².